The number of ether oxygens (including phenoxy) is 2. The molecule has 1 aromatic carbocycles. The minimum Gasteiger partial charge on any atom is -0.496 e. The van der Waals surface area contributed by atoms with E-state index in [9.17, 15) is 4.79 Å². The Morgan fingerprint density at radius 1 is 1.14 bits per heavy atom. The van der Waals surface area contributed by atoms with Crippen LogP contribution in [-0.2, 0) is 19.5 Å². The molecule has 6 nitrogen and oxygen atoms in total. The highest BCUT2D eigenvalue weighted by Crippen LogP contribution is 2.32. The Morgan fingerprint density at radius 2 is 1.86 bits per heavy atom. The summed E-state index contributed by atoms with van der Waals surface area (Å²) in [7, 11) is 3.36. The van der Waals surface area contributed by atoms with Gasteiger partial charge in [-0.2, -0.15) is 0 Å². The smallest absolute Gasteiger partial charge is 0.254 e. The molecule has 1 aliphatic carbocycles. The Morgan fingerprint density at radius 3 is 2.54 bits per heavy atom. The van der Waals surface area contributed by atoms with E-state index in [0.717, 1.165) is 60.0 Å². The lowest BCUT2D eigenvalue weighted by Crippen LogP contribution is -2.36. The molecule has 0 spiro atoms. The van der Waals surface area contributed by atoms with Crippen LogP contribution in [0.5, 0.6) is 11.5 Å². The normalized spacial score (nSPS) is 17.9. The molecule has 0 atom stereocenters. The molecule has 0 saturated heterocycles. The monoisotopic (exact) mass is 383 g/mol. The lowest BCUT2D eigenvalue weighted by molar-refractivity contribution is 0.232. The Balaban J connectivity index is 1.58. The molecule has 1 aliphatic heterocycles. The zero-order valence-electron chi connectivity index (χ0n) is 16.8. The average Bonchev–Trinajstić information content (AvgIpc) is 2.74. The van der Waals surface area contributed by atoms with E-state index in [-0.39, 0.29) is 5.56 Å². The second-order valence-corrected chi connectivity index (χ2v) is 7.81. The van der Waals surface area contributed by atoms with Gasteiger partial charge in [0.25, 0.3) is 5.56 Å². The minimum atomic E-state index is 0.0556. The highest BCUT2D eigenvalue weighted by molar-refractivity contribution is 5.44. The zero-order chi connectivity index (χ0) is 19.5. The summed E-state index contributed by atoms with van der Waals surface area (Å²) < 4.78 is 11.1. The third-order valence-electron chi connectivity index (χ3n) is 6.07. The summed E-state index contributed by atoms with van der Waals surface area (Å²) in [5, 5.41) is 0. The maximum atomic E-state index is 12.6. The third kappa shape index (κ3) is 3.78. The van der Waals surface area contributed by atoms with Gasteiger partial charge in [-0.3, -0.25) is 9.69 Å². The van der Waals surface area contributed by atoms with Crippen LogP contribution in [0.25, 0.3) is 0 Å². The van der Waals surface area contributed by atoms with Crippen LogP contribution in [0.2, 0.25) is 0 Å². The average molecular weight is 383 g/mol. The fourth-order valence-corrected chi connectivity index (χ4v) is 4.52. The molecular formula is C22H29N3O3. The zero-order valence-corrected chi connectivity index (χ0v) is 16.8. The number of benzene rings is 1. The van der Waals surface area contributed by atoms with Gasteiger partial charge in [-0.1, -0.05) is 25.3 Å². The summed E-state index contributed by atoms with van der Waals surface area (Å²) in [5.41, 5.74) is 2.88. The van der Waals surface area contributed by atoms with E-state index >= 15 is 0 Å². The van der Waals surface area contributed by atoms with Gasteiger partial charge in [-0.05, 0) is 31.4 Å². The van der Waals surface area contributed by atoms with Gasteiger partial charge in [0, 0.05) is 31.1 Å². The first-order chi connectivity index (χ1) is 13.7. The van der Waals surface area contributed by atoms with Gasteiger partial charge in [0.05, 0.1) is 25.5 Å². The molecule has 4 rings (SSSR count). The van der Waals surface area contributed by atoms with Crippen molar-refractivity contribution in [1.29, 1.82) is 0 Å². The van der Waals surface area contributed by atoms with Crippen molar-refractivity contribution in [1.82, 2.24) is 14.9 Å². The second-order valence-electron chi connectivity index (χ2n) is 7.81. The van der Waals surface area contributed by atoms with Crippen molar-refractivity contribution in [3.05, 3.63) is 51.2 Å². The molecule has 150 valence electrons. The fourth-order valence-electron chi connectivity index (χ4n) is 4.52. The summed E-state index contributed by atoms with van der Waals surface area (Å²) in [4.78, 5) is 23.0. The van der Waals surface area contributed by atoms with Gasteiger partial charge in [0.2, 0.25) is 0 Å². The van der Waals surface area contributed by atoms with E-state index in [1.54, 1.807) is 14.2 Å². The van der Waals surface area contributed by atoms with Gasteiger partial charge in [0.15, 0.2) is 0 Å². The molecule has 0 amide bonds. The Hall–Kier alpha value is -2.34. The topological polar surface area (TPSA) is 67.5 Å². The molecule has 0 radical (unpaired) electrons. The number of hydrogen-bond donors (Lipinski definition) is 1. The van der Waals surface area contributed by atoms with Gasteiger partial charge in [0.1, 0.15) is 17.3 Å². The standard InChI is InChI=1S/C22H29N3O3/c1-27-19-9-6-10-20(28-2)17(19)13-25-12-11-16-18(14-25)23-21(24-22(16)26)15-7-4-3-5-8-15/h6,9-10,15H,3-5,7-8,11-14H2,1-2H3,(H,23,24,26). The number of methoxy groups -OCH3 is 2. The van der Waals surface area contributed by atoms with Crippen molar-refractivity contribution in [2.24, 2.45) is 0 Å². The van der Waals surface area contributed by atoms with Gasteiger partial charge < -0.3 is 14.5 Å². The largest absolute Gasteiger partial charge is 0.496 e. The summed E-state index contributed by atoms with van der Waals surface area (Å²) in [5.74, 6) is 2.94. The van der Waals surface area contributed by atoms with Crippen molar-refractivity contribution in [2.45, 2.75) is 57.5 Å². The number of nitrogens with one attached hydrogen (secondary N) is 1. The van der Waals surface area contributed by atoms with Crippen molar-refractivity contribution in [3.8, 4) is 11.5 Å². The highest BCUT2D eigenvalue weighted by atomic mass is 16.5. The number of nitrogens with zero attached hydrogens (tertiary/aromatic N) is 2. The Bertz CT molecular complexity index is 865. The maximum Gasteiger partial charge on any atom is 0.254 e. The van der Waals surface area contributed by atoms with E-state index in [1.807, 2.05) is 18.2 Å². The van der Waals surface area contributed by atoms with Crippen LogP contribution in [-0.4, -0.2) is 35.6 Å². The molecule has 2 aromatic rings. The van der Waals surface area contributed by atoms with Gasteiger partial charge in [-0.25, -0.2) is 4.98 Å². The van der Waals surface area contributed by atoms with Gasteiger partial charge >= 0.3 is 0 Å². The molecule has 1 saturated carbocycles. The molecule has 2 aliphatic rings. The molecule has 28 heavy (non-hydrogen) atoms. The fraction of sp³-hybridized carbons (Fsp3) is 0.545. The van der Waals surface area contributed by atoms with Crippen LogP contribution in [0, 0.1) is 0 Å². The molecule has 0 unspecified atom stereocenters. The molecular weight excluding hydrogens is 354 g/mol. The third-order valence-corrected chi connectivity index (χ3v) is 6.07. The van der Waals surface area contributed by atoms with E-state index in [1.165, 1.54) is 19.3 Å². The quantitative estimate of drug-likeness (QED) is 0.857. The number of hydrogen-bond acceptors (Lipinski definition) is 5. The molecule has 0 bridgehead atoms. The summed E-state index contributed by atoms with van der Waals surface area (Å²) in [6.45, 7) is 2.21. The highest BCUT2D eigenvalue weighted by Gasteiger charge is 2.25. The molecule has 6 heteroatoms. The van der Waals surface area contributed by atoms with E-state index in [2.05, 4.69) is 9.88 Å². The molecule has 1 aromatic heterocycles. The maximum absolute atomic E-state index is 12.6. The first kappa shape index (κ1) is 19.0. The van der Waals surface area contributed by atoms with E-state index in [0.29, 0.717) is 19.0 Å². The number of fused-ring (bicyclic) bond motifs is 1. The van der Waals surface area contributed by atoms with Crippen molar-refractivity contribution in [2.75, 3.05) is 20.8 Å². The summed E-state index contributed by atoms with van der Waals surface area (Å²) in [6.07, 6.45) is 6.73. The number of aromatic nitrogens is 2. The second kappa shape index (κ2) is 8.35. The van der Waals surface area contributed by atoms with Gasteiger partial charge in [-0.15, -0.1) is 0 Å². The van der Waals surface area contributed by atoms with Crippen molar-refractivity contribution in [3.63, 3.8) is 0 Å². The Kier molecular flexibility index (Phi) is 5.67. The van der Waals surface area contributed by atoms with Crippen LogP contribution >= 0.6 is 0 Å². The molecule has 1 N–H and O–H groups in total. The Labute approximate surface area is 165 Å². The first-order valence-electron chi connectivity index (χ1n) is 10.2. The van der Waals surface area contributed by atoms with Crippen LogP contribution in [0.1, 0.15) is 60.7 Å². The number of aromatic amines is 1. The summed E-state index contributed by atoms with van der Waals surface area (Å²) >= 11 is 0. The van der Waals surface area contributed by atoms with Crippen molar-refractivity contribution < 1.29 is 9.47 Å². The number of H-pyrrole nitrogens is 1. The molecule has 2 heterocycles. The number of rotatable bonds is 5. The van der Waals surface area contributed by atoms with Crippen LogP contribution < -0.4 is 15.0 Å². The SMILES string of the molecule is COc1cccc(OC)c1CN1CCc2c(nc(C3CCCCC3)[nH]c2=O)C1. The van der Waals surface area contributed by atoms with Crippen molar-refractivity contribution >= 4 is 0 Å². The van der Waals surface area contributed by atoms with Crippen LogP contribution in [0.4, 0.5) is 0 Å². The minimum absolute atomic E-state index is 0.0556. The predicted octanol–water partition coefficient (Wildman–Crippen LogP) is 3.39. The lowest BCUT2D eigenvalue weighted by atomic mass is 9.88. The first-order valence-corrected chi connectivity index (χ1v) is 10.2. The van der Waals surface area contributed by atoms with Crippen LogP contribution in [0.3, 0.4) is 0 Å². The van der Waals surface area contributed by atoms with E-state index in [4.69, 9.17) is 14.5 Å². The van der Waals surface area contributed by atoms with E-state index < -0.39 is 0 Å². The van der Waals surface area contributed by atoms with Crippen LogP contribution in [0.15, 0.2) is 23.0 Å². The molecule has 1 fully saturated rings. The predicted molar refractivity (Wildman–Crippen MR) is 108 cm³/mol. The summed E-state index contributed by atoms with van der Waals surface area (Å²) in [6, 6.07) is 5.85. The lowest BCUT2D eigenvalue weighted by Gasteiger charge is -2.29.